The molecule has 70 valence electrons. The molecular formula is C8H8FNO3. The number of halogens is 1. The first-order valence-electron chi connectivity index (χ1n) is 3.49. The number of anilines is 1. The van der Waals surface area contributed by atoms with Gasteiger partial charge < -0.3 is 5.73 Å². The van der Waals surface area contributed by atoms with Crippen molar-refractivity contribution in [2.45, 2.75) is 6.92 Å². The van der Waals surface area contributed by atoms with Crippen molar-refractivity contribution in [1.82, 2.24) is 0 Å². The fourth-order valence-electron chi connectivity index (χ4n) is 0.680. The lowest BCUT2D eigenvalue weighted by Gasteiger charge is -2.02. The number of benzene rings is 1. The van der Waals surface area contributed by atoms with Crippen LogP contribution in [-0.2, 0) is 9.68 Å². The van der Waals surface area contributed by atoms with Crippen molar-refractivity contribution in [2.24, 2.45) is 0 Å². The third-order valence-corrected chi connectivity index (χ3v) is 1.22. The van der Waals surface area contributed by atoms with Gasteiger partial charge in [-0.1, -0.05) is 0 Å². The summed E-state index contributed by atoms with van der Waals surface area (Å²) >= 11 is 0. The molecule has 0 saturated carbocycles. The van der Waals surface area contributed by atoms with Gasteiger partial charge in [0, 0.05) is 13.0 Å². The van der Waals surface area contributed by atoms with Crippen LogP contribution in [0.5, 0.6) is 5.75 Å². The molecule has 0 bridgehead atoms. The smallest absolute Gasteiger partial charge is 0.352 e. The summed E-state index contributed by atoms with van der Waals surface area (Å²) in [5, 5.41) is 0. The normalized spacial score (nSPS) is 9.38. The molecule has 0 aliphatic carbocycles. The van der Waals surface area contributed by atoms with E-state index in [4.69, 9.17) is 5.73 Å². The Morgan fingerprint density at radius 1 is 1.54 bits per heavy atom. The Hall–Kier alpha value is -1.78. The molecule has 0 aromatic heterocycles. The van der Waals surface area contributed by atoms with Gasteiger partial charge in [0.05, 0.1) is 5.69 Å². The van der Waals surface area contributed by atoms with Crippen LogP contribution in [0.25, 0.3) is 0 Å². The second-order valence-corrected chi connectivity index (χ2v) is 2.34. The van der Waals surface area contributed by atoms with E-state index in [1.807, 2.05) is 0 Å². The van der Waals surface area contributed by atoms with Crippen LogP contribution < -0.4 is 10.6 Å². The second-order valence-electron chi connectivity index (χ2n) is 2.34. The molecule has 0 aliphatic rings. The van der Waals surface area contributed by atoms with Crippen molar-refractivity contribution in [3.63, 3.8) is 0 Å². The lowest BCUT2D eigenvalue weighted by Crippen LogP contribution is -2.03. The first-order valence-corrected chi connectivity index (χ1v) is 3.49. The Labute approximate surface area is 74.0 Å². The Bertz CT molecular complexity index is 327. The van der Waals surface area contributed by atoms with Crippen molar-refractivity contribution in [3.8, 4) is 5.75 Å². The van der Waals surface area contributed by atoms with E-state index in [0.717, 1.165) is 6.07 Å². The molecular weight excluding hydrogens is 177 g/mol. The summed E-state index contributed by atoms with van der Waals surface area (Å²) in [4.78, 5) is 19.0. The van der Waals surface area contributed by atoms with Crippen LogP contribution in [0.3, 0.4) is 0 Å². The highest BCUT2D eigenvalue weighted by Gasteiger charge is 2.02. The minimum Gasteiger partial charge on any atom is -0.396 e. The summed E-state index contributed by atoms with van der Waals surface area (Å²) < 4.78 is 12.6. The predicted molar refractivity (Wildman–Crippen MR) is 43.2 cm³/mol. The maximum atomic E-state index is 12.6. The average molecular weight is 185 g/mol. The molecule has 0 atom stereocenters. The number of rotatable bonds is 2. The predicted octanol–water partition coefficient (Wildman–Crippen LogP) is 1.26. The van der Waals surface area contributed by atoms with Gasteiger partial charge in [-0.3, -0.25) is 9.78 Å². The second kappa shape index (κ2) is 3.75. The van der Waals surface area contributed by atoms with Crippen LogP contribution in [0.1, 0.15) is 6.92 Å². The largest absolute Gasteiger partial charge is 0.396 e. The molecule has 0 saturated heterocycles. The molecule has 2 N–H and O–H groups in total. The minimum absolute atomic E-state index is 0.0651. The average Bonchev–Trinajstić information content (AvgIpc) is 2.07. The molecule has 0 amide bonds. The zero-order valence-corrected chi connectivity index (χ0v) is 6.91. The molecule has 1 aromatic rings. The standard InChI is InChI=1S/C8H8FNO3/c1-5(11)12-13-6-2-3-7(9)8(10)4-6/h2-4H,10H2,1H3. The lowest BCUT2D eigenvalue weighted by atomic mass is 10.3. The third kappa shape index (κ3) is 2.62. The molecule has 0 fully saturated rings. The van der Waals surface area contributed by atoms with Gasteiger partial charge in [-0.05, 0) is 12.1 Å². The van der Waals surface area contributed by atoms with Crippen molar-refractivity contribution >= 4 is 11.7 Å². The van der Waals surface area contributed by atoms with Gasteiger partial charge in [-0.15, -0.1) is 0 Å². The Kier molecular flexibility index (Phi) is 2.69. The van der Waals surface area contributed by atoms with Crippen molar-refractivity contribution < 1.29 is 19.0 Å². The maximum absolute atomic E-state index is 12.6. The molecule has 1 rings (SSSR count). The topological polar surface area (TPSA) is 61.5 Å². The summed E-state index contributed by atoms with van der Waals surface area (Å²) in [6.45, 7) is 1.19. The van der Waals surface area contributed by atoms with Gasteiger partial charge in [0.25, 0.3) is 0 Å². The number of hydrogen-bond donors (Lipinski definition) is 1. The minimum atomic E-state index is -0.595. The zero-order valence-electron chi connectivity index (χ0n) is 6.91. The molecule has 4 nitrogen and oxygen atoms in total. The highest BCUT2D eigenvalue weighted by atomic mass is 19.1. The van der Waals surface area contributed by atoms with Gasteiger partial charge in [-0.2, -0.15) is 0 Å². The van der Waals surface area contributed by atoms with Crippen molar-refractivity contribution in [3.05, 3.63) is 24.0 Å². The summed E-state index contributed by atoms with van der Waals surface area (Å²) in [7, 11) is 0. The SMILES string of the molecule is CC(=O)OOc1ccc(F)c(N)c1. The summed E-state index contributed by atoms with van der Waals surface area (Å²) in [5.41, 5.74) is 5.17. The van der Waals surface area contributed by atoms with Crippen LogP contribution in [0.2, 0.25) is 0 Å². The van der Waals surface area contributed by atoms with Crippen LogP contribution >= 0.6 is 0 Å². The van der Waals surface area contributed by atoms with E-state index in [1.165, 1.54) is 19.1 Å². The van der Waals surface area contributed by atoms with E-state index in [2.05, 4.69) is 9.78 Å². The van der Waals surface area contributed by atoms with Crippen LogP contribution in [-0.4, -0.2) is 5.97 Å². The zero-order chi connectivity index (χ0) is 9.84. The first-order chi connectivity index (χ1) is 6.09. The Morgan fingerprint density at radius 3 is 2.77 bits per heavy atom. The van der Waals surface area contributed by atoms with Crippen molar-refractivity contribution in [1.29, 1.82) is 0 Å². The van der Waals surface area contributed by atoms with E-state index in [1.54, 1.807) is 0 Å². The number of carbonyl (C=O) groups excluding carboxylic acids is 1. The van der Waals surface area contributed by atoms with Crippen molar-refractivity contribution in [2.75, 3.05) is 5.73 Å². The van der Waals surface area contributed by atoms with Crippen LogP contribution in [0, 0.1) is 5.82 Å². The Morgan fingerprint density at radius 2 is 2.23 bits per heavy atom. The van der Waals surface area contributed by atoms with Crippen LogP contribution in [0.15, 0.2) is 18.2 Å². The first kappa shape index (κ1) is 9.31. The van der Waals surface area contributed by atoms with E-state index < -0.39 is 11.8 Å². The number of nitrogens with two attached hydrogens (primary N) is 1. The van der Waals surface area contributed by atoms with E-state index in [0.29, 0.717) is 0 Å². The van der Waals surface area contributed by atoms with Gasteiger partial charge in [0.2, 0.25) is 0 Å². The van der Waals surface area contributed by atoms with E-state index in [-0.39, 0.29) is 11.4 Å². The number of carbonyl (C=O) groups is 1. The fraction of sp³-hybridized carbons (Fsp3) is 0.125. The quantitative estimate of drug-likeness (QED) is 0.428. The monoisotopic (exact) mass is 185 g/mol. The summed E-state index contributed by atoms with van der Waals surface area (Å²) in [6, 6.07) is 3.64. The van der Waals surface area contributed by atoms with Crippen LogP contribution in [0.4, 0.5) is 10.1 Å². The summed E-state index contributed by atoms with van der Waals surface area (Å²) in [5.74, 6) is -0.966. The molecule has 13 heavy (non-hydrogen) atoms. The van der Waals surface area contributed by atoms with Gasteiger partial charge >= 0.3 is 5.97 Å². The van der Waals surface area contributed by atoms with E-state index >= 15 is 0 Å². The molecule has 0 aliphatic heterocycles. The van der Waals surface area contributed by atoms with Gasteiger partial charge in [-0.25, -0.2) is 9.18 Å². The molecule has 5 heteroatoms. The third-order valence-electron chi connectivity index (χ3n) is 1.22. The molecule has 0 radical (unpaired) electrons. The Balaban J connectivity index is 2.68. The number of hydrogen-bond acceptors (Lipinski definition) is 4. The number of nitrogen functional groups attached to an aromatic ring is 1. The molecule has 0 heterocycles. The van der Waals surface area contributed by atoms with Gasteiger partial charge in [0.15, 0.2) is 5.75 Å². The lowest BCUT2D eigenvalue weighted by molar-refractivity contribution is -0.210. The molecule has 1 aromatic carbocycles. The molecule has 0 unspecified atom stereocenters. The maximum Gasteiger partial charge on any atom is 0.352 e. The highest BCUT2D eigenvalue weighted by Crippen LogP contribution is 2.18. The fourth-order valence-corrected chi connectivity index (χ4v) is 0.680. The van der Waals surface area contributed by atoms with Gasteiger partial charge in [0.1, 0.15) is 5.82 Å². The van der Waals surface area contributed by atoms with E-state index in [9.17, 15) is 9.18 Å². The highest BCUT2D eigenvalue weighted by molar-refractivity contribution is 5.65. The summed E-state index contributed by atoms with van der Waals surface area (Å²) in [6.07, 6.45) is 0. The molecule has 0 spiro atoms.